The second kappa shape index (κ2) is 4.98. The van der Waals surface area contributed by atoms with Crippen LogP contribution in [0.2, 0.25) is 0 Å². The van der Waals surface area contributed by atoms with Gasteiger partial charge >= 0.3 is 0 Å². The van der Waals surface area contributed by atoms with Crippen molar-refractivity contribution in [2.75, 3.05) is 7.05 Å². The highest BCUT2D eigenvalue weighted by atomic mass is 79.9. The monoisotopic (exact) mass is 294 g/mol. The van der Waals surface area contributed by atoms with Gasteiger partial charge in [0, 0.05) is 11.0 Å². The van der Waals surface area contributed by atoms with Crippen molar-refractivity contribution in [3.8, 4) is 5.69 Å². The molecule has 0 atom stereocenters. The van der Waals surface area contributed by atoms with Crippen LogP contribution in [0.25, 0.3) is 5.69 Å². The second-order valence-corrected chi connectivity index (χ2v) is 4.85. The molecule has 5 heteroatoms. The highest BCUT2D eigenvalue weighted by molar-refractivity contribution is 9.10. The lowest BCUT2D eigenvalue weighted by Crippen LogP contribution is -2.11. The molecular weight excluding hydrogens is 280 g/mol. The summed E-state index contributed by atoms with van der Waals surface area (Å²) in [5.74, 6) is 0. The standard InChI is InChI=1S/C12H15BrN4/c1-8-4-10(5-9(2)12(8)13)17-11(6-14-3)7-15-16-17/h4-5,7,14H,6H2,1-3H3. The zero-order valence-corrected chi connectivity index (χ0v) is 11.7. The molecule has 17 heavy (non-hydrogen) atoms. The molecule has 0 aliphatic rings. The van der Waals surface area contributed by atoms with Crippen molar-refractivity contribution in [1.82, 2.24) is 20.3 Å². The first-order valence-corrected chi connectivity index (χ1v) is 6.24. The summed E-state index contributed by atoms with van der Waals surface area (Å²) in [5.41, 5.74) is 4.50. The smallest absolute Gasteiger partial charge is 0.0783 e. The second-order valence-electron chi connectivity index (χ2n) is 4.06. The Morgan fingerprint density at radius 2 is 1.94 bits per heavy atom. The molecule has 0 fully saturated rings. The van der Waals surface area contributed by atoms with E-state index in [0.717, 1.165) is 22.4 Å². The van der Waals surface area contributed by atoms with Gasteiger partial charge in [0.15, 0.2) is 0 Å². The van der Waals surface area contributed by atoms with Crippen molar-refractivity contribution in [3.05, 3.63) is 39.6 Å². The van der Waals surface area contributed by atoms with Crippen LogP contribution in [0, 0.1) is 13.8 Å². The molecule has 0 spiro atoms. The lowest BCUT2D eigenvalue weighted by atomic mass is 10.1. The van der Waals surface area contributed by atoms with Gasteiger partial charge in [-0.1, -0.05) is 21.1 Å². The summed E-state index contributed by atoms with van der Waals surface area (Å²) >= 11 is 3.57. The molecule has 2 aromatic rings. The minimum absolute atomic E-state index is 0.751. The van der Waals surface area contributed by atoms with Crippen molar-refractivity contribution >= 4 is 15.9 Å². The van der Waals surface area contributed by atoms with Crippen molar-refractivity contribution in [2.24, 2.45) is 0 Å². The van der Waals surface area contributed by atoms with Gasteiger partial charge in [0.2, 0.25) is 0 Å². The van der Waals surface area contributed by atoms with E-state index in [9.17, 15) is 0 Å². The van der Waals surface area contributed by atoms with E-state index in [1.54, 1.807) is 6.20 Å². The first kappa shape index (κ1) is 12.3. The number of aromatic nitrogens is 3. The van der Waals surface area contributed by atoms with E-state index in [2.05, 4.69) is 57.5 Å². The van der Waals surface area contributed by atoms with Crippen LogP contribution < -0.4 is 5.32 Å². The molecule has 1 aromatic carbocycles. The van der Waals surface area contributed by atoms with Crippen molar-refractivity contribution < 1.29 is 0 Å². The topological polar surface area (TPSA) is 42.7 Å². The molecule has 90 valence electrons. The summed E-state index contributed by atoms with van der Waals surface area (Å²) in [6.07, 6.45) is 1.78. The first-order valence-electron chi connectivity index (χ1n) is 5.44. The number of nitrogens with one attached hydrogen (secondary N) is 1. The first-order chi connectivity index (χ1) is 8.13. The Hall–Kier alpha value is -1.20. The molecule has 1 heterocycles. The number of aryl methyl sites for hydroxylation is 2. The van der Waals surface area contributed by atoms with Gasteiger partial charge in [-0.3, -0.25) is 0 Å². The molecule has 0 saturated heterocycles. The molecular formula is C12H15BrN4. The number of hydrogen-bond donors (Lipinski definition) is 1. The van der Waals surface area contributed by atoms with E-state index in [1.165, 1.54) is 11.1 Å². The lowest BCUT2D eigenvalue weighted by Gasteiger charge is -2.10. The van der Waals surface area contributed by atoms with Crippen LogP contribution >= 0.6 is 15.9 Å². The molecule has 0 unspecified atom stereocenters. The van der Waals surface area contributed by atoms with Gasteiger partial charge in [0.05, 0.1) is 17.6 Å². The summed E-state index contributed by atoms with van der Waals surface area (Å²) in [5, 5.41) is 11.2. The van der Waals surface area contributed by atoms with E-state index in [4.69, 9.17) is 0 Å². The summed E-state index contributed by atoms with van der Waals surface area (Å²) in [4.78, 5) is 0. The third-order valence-electron chi connectivity index (χ3n) is 2.64. The average Bonchev–Trinajstić information content (AvgIpc) is 2.74. The maximum absolute atomic E-state index is 4.13. The third kappa shape index (κ3) is 2.40. The highest BCUT2D eigenvalue weighted by Gasteiger charge is 2.08. The van der Waals surface area contributed by atoms with E-state index < -0.39 is 0 Å². The Morgan fingerprint density at radius 1 is 1.29 bits per heavy atom. The molecule has 1 N–H and O–H groups in total. The molecule has 4 nitrogen and oxygen atoms in total. The van der Waals surface area contributed by atoms with Crippen LogP contribution in [0.15, 0.2) is 22.8 Å². The minimum Gasteiger partial charge on any atom is -0.314 e. The quantitative estimate of drug-likeness (QED) is 0.945. The predicted molar refractivity (Wildman–Crippen MR) is 71.3 cm³/mol. The maximum Gasteiger partial charge on any atom is 0.0783 e. The van der Waals surface area contributed by atoms with Gasteiger partial charge in [-0.05, 0) is 44.2 Å². The molecule has 0 bridgehead atoms. The van der Waals surface area contributed by atoms with E-state index in [0.29, 0.717) is 0 Å². The number of benzene rings is 1. The number of halogens is 1. The van der Waals surface area contributed by atoms with Crippen molar-refractivity contribution in [1.29, 1.82) is 0 Å². The maximum atomic E-state index is 4.13. The fourth-order valence-electron chi connectivity index (χ4n) is 1.82. The summed E-state index contributed by atoms with van der Waals surface area (Å²) in [7, 11) is 1.91. The lowest BCUT2D eigenvalue weighted by molar-refractivity contribution is 0.713. The third-order valence-corrected chi connectivity index (χ3v) is 3.89. The normalized spacial score (nSPS) is 10.8. The minimum atomic E-state index is 0.751. The number of nitrogens with zero attached hydrogens (tertiary/aromatic N) is 3. The van der Waals surface area contributed by atoms with Gasteiger partial charge in [-0.15, -0.1) is 5.10 Å². The SMILES string of the molecule is CNCc1cnnn1-c1cc(C)c(Br)c(C)c1. The van der Waals surface area contributed by atoms with Crippen molar-refractivity contribution in [2.45, 2.75) is 20.4 Å². The van der Waals surface area contributed by atoms with Crippen LogP contribution in [0.1, 0.15) is 16.8 Å². The van der Waals surface area contributed by atoms with Crippen molar-refractivity contribution in [3.63, 3.8) is 0 Å². The molecule has 0 aliphatic carbocycles. The fourth-order valence-corrected chi connectivity index (χ4v) is 2.05. The Morgan fingerprint density at radius 3 is 2.53 bits per heavy atom. The van der Waals surface area contributed by atoms with Crippen LogP contribution in [-0.4, -0.2) is 22.0 Å². The summed E-state index contributed by atoms with van der Waals surface area (Å²) < 4.78 is 3.01. The Balaban J connectivity index is 2.49. The van der Waals surface area contributed by atoms with Crippen LogP contribution in [0.4, 0.5) is 0 Å². The number of rotatable bonds is 3. The zero-order chi connectivity index (χ0) is 12.4. The molecule has 0 saturated carbocycles. The average molecular weight is 295 g/mol. The van der Waals surface area contributed by atoms with Crippen LogP contribution in [0.3, 0.4) is 0 Å². The van der Waals surface area contributed by atoms with Gasteiger partial charge in [-0.2, -0.15) is 0 Å². The van der Waals surface area contributed by atoms with E-state index >= 15 is 0 Å². The molecule has 2 rings (SSSR count). The molecule has 0 amide bonds. The highest BCUT2D eigenvalue weighted by Crippen LogP contribution is 2.24. The fraction of sp³-hybridized carbons (Fsp3) is 0.333. The Labute approximate surface area is 109 Å². The molecule has 1 aromatic heterocycles. The molecule has 0 aliphatic heterocycles. The summed E-state index contributed by atoms with van der Waals surface area (Å²) in [6.45, 7) is 4.91. The van der Waals surface area contributed by atoms with Crippen LogP contribution in [-0.2, 0) is 6.54 Å². The molecule has 0 radical (unpaired) electrons. The Bertz CT molecular complexity index is 510. The van der Waals surface area contributed by atoms with E-state index in [1.807, 2.05) is 11.7 Å². The predicted octanol–water partition coefficient (Wildman–Crippen LogP) is 2.37. The van der Waals surface area contributed by atoms with Gasteiger partial charge < -0.3 is 5.32 Å². The van der Waals surface area contributed by atoms with Gasteiger partial charge in [0.25, 0.3) is 0 Å². The van der Waals surface area contributed by atoms with Gasteiger partial charge in [-0.25, -0.2) is 4.68 Å². The largest absolute Gasteiger partial charge is 0.314 e. The number of hydrogen-bond acceptors (Lipinski definition) is 3. The summed E-state index contributed by atoms with van der Waals surface area (Å²) in [6, 6.07) is 4.20. The van der Waals surface area contributed by atoms with E-state index in [-0.39, 0.29) is 0 Å². The zero-order valence-electron chi connectivity index (χ0n) is 10.2. The Kier molecular flexibility index (Phi) is 3.59. The van der Waals surface area contributed by atoms with Gasteiger partial charge in [0.1, 0.15) is 0 Å². The van der Waals surface area contributed by atoms with Crippen LogP contribution in [0.5, 0.6) is 0 Å².